The Morgan fingerprint density at radius 2 is 2.06 bits per heavy atom. The molecule has 1 aliphatic carbocycles. The number of benzene rings is 1. The molecule has 2 N–H and O–H groups in total. The zero-order valence-electron chi connectivity index (χ0n) is 9.73. The number of carboxylic acid groups (broad SMARTS) is 1. The van der Waals surface area contributed by atoms with Crippen molar-refractivity contribution < 1.29 is 14.7 Å². The topological polar surface area (TPSA) is 66.4 Å². The molecular formula is C13H14ClNO3. The van der Waals surface area contributed by atoms with Crippen LogP contribution in [-0.4, -0.2) is 23.0 Å². The number of carbonyl (C=O) groups is 2. The highest BCUT2D eigenvalue weighted by Crippen LogP contribution is 2.33. The van der Waals surface area contributed by atoms with Crippen LogP contribution in [0.15, 0.2) is 24.3 Å². The van der Waals surface area contributed by atoms with Crippen molar-refractivity contribution in [1.29, 1.82) is 0 Å². The van der Waals surface area contributed by atoms with E-state index in [0.29, 0.717) is 22.9 Å². The van der Waals surface area contributed by atoms with E-state index in [1.165, 1.54) is 0 Å². The van der Waals surface area contributed by atoms with Crippen LogP contribution in [0.5, 0.6) is 0 Å². The molecule has 5 heteroatoms. The molecule has 1 amide bonds. The Bertz CT molecular complexity index is 471. The maximum Gasteiger partial charge on any atom is 0.326 e. The van der Waals surface area contributed by atoms with Crippen molar-refractivity contribution in [3.05, 3.63) is 34.9 Å². The van der Waals surface area contributed by atoms with Crippen molar-refractivity contribution in [1.82, 2.24) is 5.32 Å². The Balaban J connectivity index is 2.04. The Morgan fingerprint density at radius 3 is 2.61 bits per heavy atom. The summed E-state index contributed by atoms with van der Waals surface area (Å²) in [4.78, 5) is 23.0. The molecule has 1 saturated carbocycles. The van der Waals surface area contributed by atoms with Gasteiger partial charge in [-0.15, -0.1) is 0 Å². The molecule has 4 nitrogen and oxygen atoms in total. The maximum atomic E-state index is 11.9. The van der Waals surface area contributed by atoms with Gasteiger partial charge >= 0.3 is 5.97 Å². The third-order valence-electron chi connectivity index (χ3n) is 2.99. The number of halogens is 1. The molecule has 0 unspecified atom stereocenters. The predicted octanol–water partition coefficient (Wildman–Crippen LogP) is 2.32. The fraction of sp³-hybridized carbons (Fsp3) is 0.385. The Labute approximate surface area is 110 Å². The number of aliphatic carboxylic acids is 1. The highest BCUT2D eigenvalue weighted by molar-refractivity contribution is 6.33. The summed E-state index contributed by atoms with van der Waals surface area (Å²) >= 11 is 5.89. The van der Waals surface area contributed by atoms with Crippen LogP contribution in [-0.2, 0) is 4.79 Å². The molecule has 2 rings (SSSR count). The molecular weight excluding hydrogens is 254 g/mol. The third kappa shape index (κ3) is 3.23. The lowest BCUT2D eigenvalue weighted by atomic mass is 10.1. The molecule has 1 atom stereocenters. The molecule has 1 fully saturated rings. The molecule has 0 radical (unpaired) electrons. The number of hydrogen-bond donors (Lipinski definition) is 2. The second-order valence-electron chi connectivity index (χ2n) is 4.52. The standard InChI is InChI=1S/C13H14ClNO3/c14-10-4-2-1-3-9(10)12(16)15-11(13(17)18)7-8-5-6-8/h1-4,8,11H,5-7H2,(H,15,16)(H,17,18)/t11-/m0/s1. The number of carbonyl (C=O) groups excluding carboxylic acids is 1. The summed E-state index contributed by atoms with van der Waals surface area (Å²) in [5.74, 6) is -1.01. The average Bonchev–Trinajstić information content (AvgIpc) is 3.12. The molecule has 96 valence electrons. The van der Waals surface area contributed by atoms with Crippen LogP contribution in [0.4, 0.5) is 0 Å². The van der Waals surface area contributed by atoms with Crippen molar-refractivity contribution in [3.63, 3.8) is 0 Å². The van der Waals surface area contributed by atoms with Gasteiger partial charge in [0.1, 0.15) is 6.04 Å². The summed E-state index contributed by atoms with van der Waals surface area (Å²) in [6.07, 6.45) is 2.59. The Kier molecular flexibility index (Phi) is 3.87. The normalized spacial score (nSPS) is 16.1. The van der Waals surface area contributed by atoms with Gasteiger partial charge in [0.25, 0.3) is 5.91 Å². The largest absolute Gasteiger partial charge is 0.480 e. The SMILES string of the molecule is O=C(N[C@@H](CC1CC1)C(=O)O)c1ccccc1Cl. The lowest BCUT2D eigenvalue weighted by molar-refractivity contribution is -0.139. The Morgan fingerprint density at radius 1 is 1.39 bits per heavy atom. The van der Waals surface area contributed by atoms with E-state index in [2.05, 4.69) is 5.32 Å². The zero-order chi connectivity index (χ0) is 13.1. The quantitative estimate of drug-likeness (QED) is 0.860. The van der Waals surface area contributed by atoms with E-state index in [4.69, 9.17) is 16.7 Å². The van der Waals surface area contributed by atoms with E-state index in [1.807, 2.05) is 0 Å². The van der Waals surface area contributed by atoms with E-state index in [0.717, 1.165) is 12.8 Å². The van der Waals surface area contributed by atoms with Crippen LogP contribution in [0.2, 0.25) is 5.02 Å². The minimum atomic E-state index is -0.998. The van der Waals surface area contributed by atoms with Crippen LogP contribution in [0.3, 0.4) is 0 Å². The van der Waals surface area contributed by atoms with Crippen LogP contribution in [0.25, 0.3) is 0 Å². The first kappa shape index (κ1) is 12.9. The predicted molar refractivity (Wildman–Crippen MR) is 67.7 cm³/mol. The van der Waals surface area contributed by atoms with E-state index in [-0.39, 0.29) is 0 Å². The van der Waals surface area contributed by atoms with Crippen LogP contribution in [0, 0.1) is 5.92 Å². The average molecular weight is 268 g/mol. The lowest BCUT2D eigenvalue weighted by Gasteiger charge is -2.14. The van der Waals surface area contributed by atoms with E-state index in [9.17, 15) is 9.59 Å². The molecule has 1 aromatic rings. The molecule has 1 aliphatic rings. The van der Waals surface area contributed by atoms with Gasteiger partial charge in [-0.2, -0.15) is 0 Å². The number of rotatable bonds is 5. The molecule has 0 saturated heterocycles. The summed E-state index contributed by atoms with van der Waals surface area (Å²) < 4.78 is 0. The molecule has 0 aliphatic heterocycles. The zero-order valence-corrected chi connectivity index (χ0v) is 10.5. The monoisotopic (exact) mass is 267 g/mol. The molecule has 0 bridgehead atoms. The summed E-state index contributed by atoms with van der Waals surface area (Å²) in [5.41, 5.74) is 0.307. The first-order valence-corrected chi connectivity index (χ1v) is 6.24. The number of hydrogen-bond acceptors (Lipinski definition) is 2. The second kappa shape index (κ2) is 5.40. The van der Waals surface area contributed by atoms with Gasteiger partial charge < -0.3 is 10.4 Å². The van der Waals surface area contributed by atoms with Crippen LogP contribution in [0.1, 0.15) is 29.6 Å². The number of carboxylic acids is 1. The number of nitrogens with one attached hydrogen (secondary N) is 1. The Hall–Kier alpha value is -1.55. The van der Waals surface area contributed by atoms with Gasteiger partial charge in [-0.3, -0.25) is 4.79 Å². The summed E-state index contributed by atoms with van der Waals surface area (Å²) in [5, 5.41) is 11.9. The summed E-state index contributed by atoms with van der Waals surface area (Å²) in [6.45, 7) is 0. The van der Waals surface area contributed by atoms with Crippen LogP contribution >= 0.6 is 11.6 Å². The minimum absolute atomic E-state index is 0.307. The van der Waals surface area contributed by atoms with E-state index in [1.54, 1.807) is 24.3 Å². The molecule has 1 aromatic carbocycles. The molecule has 0 spiro atoms. The van der Waals surface area contributed by atoms with Crippen LogP contribution < -0.4 is 5.32 Å². The highest BCUT2D eigenvalue weighted by atomic mass is 35.5. The van der Waals surface area contributed by atoms with Gasteiger partial charge in [0.15, 0.2) is 0 Å². The van der Waals surface area contributed by atoms with Gasteiger partial charge in [0, 0.05) is 0 Å². The highest BCUT2D eigenvalue weighted by Gasteiger charge is 2.30. The minimum Gasteiger partial charge on any atom is -0.480 e. The second-order valence-corrected chi connectivity index (χ2v) is 4.93. The lowest BCUT2D eigenvalue weighted by Crippen LogP contribution is -2.41. The van der Waals surface area contributed by atoms with Gasteiger partial charge in [-0.05, 0) is 24.5 Å². The van der Waals surface area contributed by atoms with E-state index < -0.39 is 17.9 Å². The van der Waals surface area contributed by atoms with Gasteiger partial charge in [-0.25, -0.2) is 4.79 Å². The van der Waals surface area contributed by atoms with Crippen molar-refractivity contribution in [3.8, 4) is 0 Å². The summed E-state index contributed by atoms with van der Waals surface area (Å²) in [7, 11) is 0. The summed E-state index contributed by atoms with van der Waals surface area (Å²) in [6, 6.07) is 5.76. The van der Waals surface area contributed by atoms with Crippen molar-refractivity contribution in [2.75, 3.05) is 0 Å². The molecule has 18 heavy (non-hydrogen) atoms. The fourth-order valence-corrected chi connectivity index (χ4v) is 2.01. The molecule has 0 heterocycles. The van der Waals surface area contributed by atoms with Crippen molar-refractivity contribution >= 4 is 23.5 Å². The number of amides is 1. The van der Waals surface area contributed by atoms with Crippen molar-refractivity contribution in [2.24, 2.45) is 5.92 Å². The third-order valence-corrected chi connectivity index (χ3v) is 3.32. The van der Waals surface area contributed by atoms with Gasteiger partial charge in [0.05, 0.1) is 10.6 Å². The van der Waals surface area contributed by atoms with E-state index >= 15 is 0 Å². The maximum absolute atomic E-state index is 11.9. The molecule has 0 aromatic heterocycles. The van der Waals surface area contributed by atoms with Gasteiger partial charge in [0.2, 0.25) is 0 Å². The first-order chi connectivity index (χ1) is 8.58. The smallest absolute Gasteiger partial charge is 0.326 e. The van der Waals surface area contributed by atoms with Gasteiger partial charge in [-0.1, -0.05) is 36.6 Å². The first-order valence-electron chi connectivity index (χ1n) is 5.86. The van der Waals surface area contributed by atoms with Crippen molar-refractivity contribution in [2.45, 2.75) is 25.3 Å². The fourth-order valence-electron chi connectivity index (χ4n) is 1.79.